The molecule has 1 fully saturated rings. The van der Waals surface area contributed by atoms with Crippen molar-refractivity contribution in [2.75, 3.05) is 13.1 Å². The molecule has 1 saturated heterocycles. The van der Waals surface area contributed by atoms with Crippen LogP contribution in [-0.4, -0.2) is 35.1 Å². The molecule has 0 radical (unpaired) electrons. The lowest BCUT2D eigenvalue weighted by molar-refractivity contribution is 0.0542. The van der Waals surface area contributed by atoms with Gasteiger partial charge in [-0.25, -0.2) is 4.39 Å². The van der Waals surface area contributed by atoms with Crippen molar-refractivity contribution < 1.29 is 14.3 Å². The van der Waals surface area contributed by atoms with Gasteiger partial charge in [-0.05, 0) is 40.9 Å². The highest BCUT2D eigenvalue weighted by molar-refractivity contribution is 9.10. The average Bonchev–Trinajstić information content (AvgIpc) is 2.29. The van der Waals surface area contributed by atoms with Crippen LogP contribution >= 0.6 is 15.9 Å². The van der Waals surface area contributed by atoms with Gasteiger partial charge in [-0.3, -0.25) is 4.79 Å². The van der Waals surface area contributed by atoms with Gasteiger partial charge in [0.2, 0.25) is 0 Å². The first-order chi connectivity index (χ1) is 8.09. The normalized spacial score (nSPS) is 17.2. The zero-order valence-corrected chi connectivity index (χ0v) is 10.8. The SMILES string of the molecule is O=C(c1c(F)cccc1Br)N1CCC(O)CC1. The maximum absolute atomic E-state index is 13.6. The summed E-state index contributed by atoms with van der Waals surface area (Å²) in [4.78, 5) is 13.7. The van der Waals surface area contributed by atoms with Crippen molar-refractivity contribution in [1.82, 2.24) is 4.90 Å². The van der Waals surface area contributed by atoms with Crippen LogP contribution in [0.2, 0.25) is 0 Å². The Hall–Kier alpha value is -0.940. The number of hydrogen-bond acceptors (Lipinski definition) is 2. The van der Waals surface area contributed by atoms with E-state index < -0.39 is 5.82 Å². The van der Waals surface area contributed by atoms with Crippen molar-refractivity contribution in [3.63, 3.8) is 0 Å². The van der Waals surface area contributed by atoms with Gasteiger partial charge in [0.1, 0.15) is 5.82 Å². The van der Waals surface area contributed by atoms with E-state index in [4.69, 9.17) is 0 Å². The summed E-state index contributed by atoms with van der Waals surface area (Å²) in [5.41, 5.74) is 0.0730. The topological polar surface area (TPSA) is 40.5 Å². The number of piperidine rings is 1. The molecule has 0 aromatic heterocycles. The molecule has 0 aliphatic carbocycles. The highest BCUT2D eigenvalue weighted by Gasteiger charge is 2.25. The number of aliphatic hydroxyl groups excluding tert-OH is 1. The van der Waals surface area contributed by atoms with E-state index >= 15 is 0 Å². The van der Waals surface area contributed by atoms with E-state index in [0.717, 1.165) is 0 Å². The predicted octanol–water partition coefficient (Wildman–Crippen LogP) is 2.19. The maximum atomic E-state index is 13.6. The minimum absolute atomic E-state index is 0.0730. The largest absolute Gasteiger partial charge is 0.393 e. The summed E-state index contributed by atoms with van der Waals surface area (Å²) < 4.78 is 14.1. The number of hydrogen-bond donors (Lipinski definition) is 1. The molecule has 17 heavy (non-hydrogen) atoms. The first-order valence-corrected chi connectivity index (χ1v) is 6.30. The number of nitrogens with zero attached hydrogens (tertiary/aromatic N) is 1. The summed E-state index contributed by atoms with van der Waals surface area (Å²) in [6.45, 7) is 0.946. The number of amides is 1. The summed E-state index contributed by atoms with van der Waals surface area (Å²) in [5.74, 6) is -0.836. The second kappa shape index (κ2) is 5.14. The molecule has 3 nitrogen and oxygen atoms in total. The van der Waals surface area contributed by atoms with Gasteiger partial charge in [0, 0.05) is 17.6 Å². The Balaban J connectivity index is 2.20. The molecule has 0 spiro atoms. The molecule has 0 unspecified atom stereocenters. The Morgan fingerprint density at radius 3 is 2.65 bits per heavy atom. The lowest BCUT2D eigenvalue weighted by Crippen LogP contribution is -2.40. The standard InChI is InChI=1S/C12H13BrFNO2/c13-9-2-1-3-10(14)11(9)12(17)15-6-4-8(16)5-7-15/h1-3,8,16H,4-7H2. The van der Waals surface area contributed by atoms with Crippen molar-refractivity contribution in [2.24, 2.45) is 0 Å². The summed E-state index contributed by atoms with van der Waals surface area (Å²) in [6, 6.07) is 4.47. The van der Waals surface area contributed by atoms with Crippen molar-refractivity contribution in [2.45, 2.75) is 18.9 Å². The maximum Gasteiger partial charge on any atom is 0.257 e. The molecule has 92 valence electrons. The summed E-state index contributed by atoms with van der Waals surface area (Å²) in [6.07, 6.45) is 0.762. The fraction of sp³-hybridized carbons (Fsp3) is 0.417. The van der Waals surface area contributed by atoms with Crippen molar-refractivity contribution >= 4 is 21.8 Å². The minimum atomic E-state index is -0.518. The van der Waals surface area contributed by atoms with Gasteiger partial charge in [-0.15, -0.1) is 0 Å². The minimum Gasteiger partial charge on any atom is -0.393 e. The van der Waals surface area contributed by atoms with Gasteiger partial charge < -0.3 is 10.0 Å². The fourth-order valence-corrected chi connectivity index (χ4v) is 2.44. The Labute approximate surface area is 107 Å². The van der Waals surface area contributed by atoms with Gasteiger partial charge in [0.15, 0.2) is 0 Å². The van der Waals surface area contributed by atoms with Gasteiger partial charge in [-0.1, -0.05) is 6.07 Å². The smallest absolute Gasteiger partial charge is 0.257 e. The number of benzene rings is 1. The van der Waals surface area contributed by atoms with Crippen LogP contribution in [0.3, 0.4) is 0 Å². The van der Waals surface area contributed by atoms with Crippen LogP contribution in [0, 0.1) is 5.82 Å². The number of carbonyl (C=O) groups excluding carboxylic acids is 1. The Morgan fingerprint density at radius 1 is 1.41 bits per heavy atom. The third kappa shape index (κ3) is 2.66. The highest BCUT2D eigenvalue weighted by Crippen LogP contribution is 2.23. The van der Waals surface area contributed by atoms with E-state index in [1.807, 2.05) is 0 Å². The molecule has 1 amide bonds. The fourth-order valence-electron chi connectivity index (χ4n) is 1.93. The number of likely N-dealkylation sites (tertiary alicyclic amines) is 1. The Kier molecular flexibility index (Phi) is 3.79. The quantitative estimate of drug-likeness (QED) is 0.864. The Morgan fingerprint density at radius 2 is 2.06 bits per heavy atom. The van der Waals surface area contributed by atoms with E-state index in [0.29, 0.717) is 30.4 Å². The number of rotatable bonds is 1. The van der Waals surface area contributed by atoms with E-state index in [9.17, 15) is 14.3 Å². The van der Waals surface area contributed by atoms with E-state index in [1.54, 1.807) is 17.0 Å². The summed E-state index contributed by atoms with van der Waals surface area (Å²) >= 11 is 3.19. The predicted molar refractivity (Wildman–Crippen MR) is 65.2 cm³/mol. The van der Waals surface area contributed by atoms with Crippen molar-refractivity contribution in [3.05, 3.63) is 34.1 Å². The molecule has 1 aliphatic rings. The van der Waals surface area contributed by atoms with Crippen LogP contribution in [0.1, 0.15) is 23.2 Å². The molecule has 1 aliphatic heterocycles. The number of carbonyl (C=O) groups is 1. The number of halogens is 2. The number of aliphatic hydroxyl groups is 1. The van der Waals surface area contributed by atoms with Crippen LogP contribution in [0.15, 0.2) is 22.7 Å². The zero-order valence-electron chi connectivity index (χ0n) is 9.20. The van der Waals surface area contributed by atoms with Crippen molar-refractivity contribution in [3.8, 4) is 0 Å². The molecule has 1 N–H and O–H groups in total. The first-order valence-electron chi connectivity index (χ1n) is 5.51. The second-order valence-electron chi connectivity index (χ2n) is 4.12. The van der Waals surface area contributed by atoms with Gasteiger partial charge in [0.25, 0.3) is 5.91 Å². The van der Waals surface area contributed by atoms with Crippen LogP contribution in [0.25, 0.3) is 0 Å². The molecular weight excluding hydrogens is 289 g/mol. The molecular formula is C12H13BrFNO2. The van der Waals surface area contributed by atoms with E-state index in [-0.39, 0.29) is 17.6 Å². The lowest BCUT2D eigenvalue weighted by atomic mass is 10.1. The lowest BCUT2D eigenvalue weighted by Gasteiger charge is -2.30. The molecule has 0 bridgehead atoms. The molecule has 5 heteroatoms. The van der Waals surface area contributed by atoms with Gasteiger partial charge in [-0.2, -0.15) is 0 Å². The van der Waals surface area contributed by atoms with Crippen LogP contribution in [-0.2, 0) is 0 Å². The monoisotopic (exact) mass is 301 g/mol. The van der Waals surface area contributed by atoms with Crippen molar-refractivity contribution in [1.29, 1.82) is 0 Å². The van der Waals surface area contributed by atoms with E-state index in [1.165, 1.54) is 6.07 Å². The molecule has 1 heterocycles. The zero-order chi connectivity index (χ0) is 12.4. The summed E-state index contributed by atoms with van der Waals surface area (Å²) in [7, 11) is 0. The molecule has 2 rings (SSSR count). The van der Waals surface area contributed by atoms with Crippen LogP contribution < -0.4 is 0 Å². The van der Waals surface area contributed by atoms with Gasteiger partial charge in [0.05, 0.1) is 11.7 Å². The molecule has 1 aromatic rings. The molecule has 1 aromatic carbocycles. The average molecular weight is 302 g/mol. The van der Waals surface area contributed by atoms with Crippen LogP contribution in [0.4, 0.5) is 4.39 Å². The Bertz CT molecular complexity index is 410. The third-order valence-electron chi connectivity index (χ3n) is 2.93. The summed E-state index contributed by atoms with van der Waals surface area (Å²) in [5, 5.41) is 9.37. The van der Waals surface area contributed by atoms with Crippen LogP contribution in [0.5, 0.6) is 0 Å². The van der Waals surface area contributed by atoms with Gasteiger partial charge >= 0.3 is 0 Å². The third-order valence-corrected chi connectivity index (χ3v) is 3.59. The first kappa shape index (κ1) is 12.5. The highest BCUT2D eigenvalue weighted by atomic mass is 79.9. The molecule has 0 atom stereocenters. The molecule has 0 saturated carbocycles. The second-order valence-corrected chi connectivity index (χ2v) is 4.97. The van der Waals surface area contributed by atoms with E-state index in [2.05, 4.69) is 15.9 Å².